The average molecular weight is 282 g/mol. The molecule has 0 atom stereocenters. The first-order chi connectivity index (χ1) is 9.00. The lowest BCUT2D eigenvalue weighted by Crippen LogP contribution is -2.26. The first-order valence-electron chi connectivity index (χ1n) is 6.60. The molecular weight excluding hydrogens is 262 g/mol. The molecule has 1 aliphatic rings. The molecule has 0 saturated heterocycles. The zero-order valence-electron chi connectivity index (χ0n) is 11.4. The summed E-state index contributed by atoms with van der Waals surface area (Å²) in [5.74, 6) is 0.632. The molecule has 1 saturated carbocycles. The van der Waals surface area contributed by atoms with Gasteiger partial charge in [0.05, 0.1) is 18.4 Å². The van der Waals surface area contributed by atoms with Gasteiger partial charge in [-0.2, -0.15) is 5.10 Å². The van der Waals surface area contributed by atoms with Gasteiger partial charge in [-0.25, -0.2) is 4.68 Å². The van der Waals surface area contributed by atoms with Gasteiger partial charge in [-0.1, -0.05) is 31.5 Å². The summed E-state index contributed by atoms with van der Waals surface area (Å²) in [5, 5.41) is 7.56. The van der Waals surface area contributed by atoms with Crippen molar-refractivity contribution in [1.29, 1.82) is 0 Å². The molecule has 0 radical (unpaired) electrons. The molecule has 0 spiro atoms. The van der Waals surface area contributed by atoms with E-state index in [4.69, 9.17) is 11.6 Å². The van der Waals surface area contributed by atoms with Crippen molar-refractivity contribution >= 4 is 17.3 Å². The topological polar surface area (TPSA) is 46.9 Å². The van der Waals surface area contributed by atoms with Crippen LogP contribution in [0.3, 0.4) is 0 Å². The molecule has 1 aliphatic carbocycles. The monoisotopic (exact) mass is 281 g/mol. The van der Waals surface area contributed by atoms with Crippen LogP contribution in [0.25, 0.3) is 0 Å². The molecule has 1 aromatic heterocycles. The van der Waals surface area contributed by atoms with Gasteiger partial charge in [0.25, 0.3) is 5.56 Å². The Morgan fingerprint density at radius 2 is 2.32 bits per heavy atom. The molecule has 4 nitrogen and oxygen atoms in total. The molecule has 19 heavy (non-hydrogen) atoms. The second-order valence-corrected chi connectivity index (χ2v) is 5.90. The summed E-state index contributed by atoms with van der Waals surface area (Å²) < 4.78 is 1.30. The van der Waals surface area contributed by atoms with Crippen LogP contribution in [0.2, 0.25) is 5.02 Å². The lowest BCUT2D eigenvalue weighted by Gasteiger charge is -2.21. The third-order valence-corrected chi connectivity index (χ3v) is 4.40. The predicted molar refractivity (Wildman–Crippen MR) is 78.7 cm³/mol. The molecule has 0 bridgehead atoms. The normalized spacial score (nSPS) is 16.4. The number of anilines is 1. The average Bonchev–Trinajstić information content (AvgIpc) is 3.15. The minimum Gasteiger partial charge on any atom is -0.382 e. The van der Waals surface area contributed by atoms with Crippen molar-refractivity contribution in [2.45, 2.75) is 33.2 Å². The fourth-order valence-electron chi connectivity index (χ4n) is 2.23. The SMILES string of the molecule is C=CCn1ncc(NCC2(C(C)C)CC2)c(Cl)c1=O. The summed E-state index contributed by atoms with van der Waals surface area (Å²) in [4.78, 5) is 11.9. The maximum Gasteiger partial charge on any atom is 0.287 e. The quantitative estimate of drug-likeness (QED) is 0.816. The van der Waals surface area contributed by atoms with E-state index in [1.807, 2.05) is 0 Å². The van der Waals surface area contributed by atoms with Crippen LogP contribution in [-0.4, -0.2) is 16.3 Å². The third-order valence-electron chi connectivity index (χ3n) is 4.03. The molecule has 2 rings (SSSR count). The Labute approximate surface area is 118 Å². The number of nitrogens with one attached hydrogen (secondary N) is 1. The number of allylic oxidation sites excluding steroid dienone is 1. The molecule has 0 aromatic carbocycles. The van der Waals surface area contributed by atoms with E-state index < -0.39 is 0 Å². The van der Waals surface area contributed by atoms with Gasteiger partial charge in [0.2, 0.25) is 0 Å². The number of halogens is 1. The lowest BCUT2D eigenvalue weighted by molar-refractivity contribution is 0.380. The maximum absolute atomic E-state index is 11.9. The molecule has 1 aromatic rings. The third kappa shape index (κ3) is 2.84. The minimum atomic E-state index is -0.277. The first kappa shape index (κ1) is 14.1. The number of hydrogen-bond acceptors (Lipinski definition) is 3. The molecule has 1 fully saturated rings. The molecule has 5 heteroatoms. The fraction of sp³-hybridized carbons (Fsp3) is 0.571. The zero-order valence-corrected chi connectivity index (χ0v) is 12.2. The number of hydrogen-bond donors (Lipinski definition) is 1. The number of aromatic nitrogens is 2. The van der Waals surface area contributed by atoms with E-state index in [0.717, 1.165) is 6.54 Å². The van der Waals surface area contributed by atoms with Crippen LogP contribution in [0.15, 0.2) is 23.6 Å². The van der Waals surface area contributed by atoms with Gasteiger partial charge in [-0.15, -0.1) is 6.58 Å². The van der Waals surface area contributed by atoms with Crippen LogP contribution >= 0.6 is 11.6 Å². The fourth-order valence-corrected chi connectivity index (χ4v) is 2.44. The summed E-state index contributed by atoms with van der Waals surface area (Å²) in [6.07, 6.45) is 5.70. The molecular formula is C14H20ClN3O. The van der Waals surface area contributed by atoms with E-state index in [1.54, 1.807) is 12.3 Å². The zero-order chi connectivity index (χ0) is 14.0. The van der Waals surface area contributed by atoms with Crippen LogP contribution in [0, 0.1) is 11.3 Å². The van der Waals surface area contributed by atoms with Gasteiger partial charge in [0.1, 0.15) is 5.02 Å². The highest BCUT2D eigenvalue weighted by Crippen LogP contribution is 2.51. The standard InChI is InChI=1S/C14H20ClN3O/c1-4-7-18-13(19)12(15)11(8-17-18)16-9-14(5-6-14)10(2)3/h4,8,10,16H,1,5-7,9H2,2-3H3. The van der Waals surface area contributed by atoms with Crippen molar-refractivity contribution in [1.82, 2.24) is 9.78 Å². The smallest absolute Gasteiger partial charge is 0.287 e. The van der Waals surface area contributed by atoms with E-state index >= 15 is 0 Å². The lowest BCUT2D eigenvalue weighted by atomic mass is 9.92. The van der Waals surface area contributed by atoms with E-state index in [0.29, 0.717) is 23.6 Å². The number of rotatable bonds is 6. The van der Waals surface area contributed by atoms with Crippen LogP contribution in [0.5, 0.6) is 0 Å². The van der Waals surface area contributed by atoms with Gasteiger partial charge in [0.15, 0.2) is 0 Å². The van der Waals surface area contributed by atoms with Gasteiger partial charge < -0.3 is 5.32 Å². The van der Waals surface area contributed by atoms with Crippen LogP contribution in [0.1, 0.15) is 26.7 Å². The first-order valence-corrected chi connectivity index (χ1v) is 6.98. The van der Waals surface area contributed by atoms with Crippen LogP contribution < -0.4 is 10.9 Å². The Balaban J connectivity index is 2.12. The summed E-state index contributed by atoms with van der Waals surface area (Å²) >= 11 is 6.09. The Hall–Kier alpha value is -1.29. The van der Waals surface area contributed by atoms with E-state index in [-0.39, 0.29) is 10.6 Å². The summed E-state index contributed by atoms with van der Waals surface area (Å²) in [6, 6.07) is 0. The molecule has 1 heterocycles. The van der Waals surface area contributed by atoms with Crippen molar-refractivity contribution in [2.24, 2.45) is 11.3 Å². The van der Waals surface area contributed by atoms with Gasteiger partial charge in [0, 0.05) is 6.54 Å². The summed E-state index contributed by atoms with van der Waals surface area (Å²) in [5.41, 5.74) is 0.708. The van der Waals surface area contributed by atoms with Gasteiger partial charge in [-0.05, 0) is 24.2 Å². The Kier molecular flexibility index (Phi) is 3.99. The van der Waals surface area contributed by atoms with E-state index in [9.17, 15) is 4.79 Å². The van der Waals surface area contributed by atoms with Crippen molar-refractivity contribution in [3.63, 3.8) is 0 Å². The van der Waals surface area contributed by atoms with Crippen molar-refractivity contribution in [2.75, 3.05) is 11.9 Å². The van der Waals surface area contributed by atoms with Gasteiger partial charge >= 0.3 is 0 Å². The molecule has 0 amide bonds. The van der Waals surface area contributed by atoms with Gasteiger partial charge in [-0.3, -0.25) is 4.79 Å². The second-order valence-electron chi connectivity index (χ2n) is 5.52. The Morgan fingerprint density at radius 3 is 2.84 bits per heavy atom. The van der Waals surface area contributed by atoms with Crippen molar-refractivity contribution < 1.29 is 0 Å². The Morgan fingerprint density at radius 1 is 1.63 bits per heavy atom. The minimum absolute atomic E-state index is 0.205. The maximum atomic E-state index is 11.9. The summed E-state index contributed by atoms with van der Waals surface area (Å²) in [6.45, 7) is 9.27. The highest BCUT2D eigenvalue weighted by atomic mass is 35.5. The largest absolute Gasteiger partial charge is 0.382 e. The van der Waals surface area contributed by atoms with Crippen LogP contribution in [-0.2, 0) is 6.54 Å². The second kappa shape index (κ2) is 5.37. The molecule has 0 aliphatic heterocycles. The molecule has 0 unspecified atom stereocenters. The van der Waals surface area contributed by atoms with Crippen LogP contribution in [0.4, 0.5) is 5.69 Å². The van der Waals surface area contributed by atoms with Crippen molar-refractivity contribution in [3.8, 4) is 0 Å². The van der Waals surface area contributed by atoms with E-state index in [2.05, 4.69) is 30.8 Å². The molecule has 1 N–H and O–H groups in total. The highest BCUT2D eigenvalue weighted by Gasteiger charge is 2.45. The Bertz CT molecular complexity index is 532. The summed E-state index contributed by atoms with van der Waals surface area (Å²) in [7, 11) is 0. The van der Waals surface area contributed by atoms with E-state index in [1.165, 1.54) is 17.5 Å². The molecule has 104 valence electrons. The number of nitrogens with zero attached hydrogens (tertiary/aromatic N) is 2. The van der Waals surface area contributed by atoms with Crippen molar-refractivity contribution in [3.05, 3.63) is 34.2 Å². The highest BCUT2D eigenvalue weighted by molar-refractivity contribution is 6.32. The predicted octanol–water partition coefficient (Wildman–Crippen LogP) is 2.93.